The second-order valence-electron chi connectivity index (χ2n) is 7.84. The van der Waals surface area contributed by atoms with E-state index in [0.29, 0.717) is 0 Å². The molecule has 2 nitrogen and oxygen atoms in total. The summed E-state index contributed by atoms with van der Waals surface area (Å²) < 4.78 is 17.4. The molecule has 2 aromatic rings. The second kappa shape index (κ2) is 7.34. The zero-order valence-electron chi connectivity index (χ0n) is 15.1. The van der Waals surface area contributed by atoms with Crippen LogP contribution in [0.3, 0.4) is 0 Å². The van der Waals surface area contributed by atoms with E-state index in [1.807, 2.05) is 26.8 Å². The molecular formula is C21H26BrNOS. The smallest absolute Gasteiger partial charge is 0.0978 e. The summed E-state index contributed by atoms with van der Waals surface area (Å²) in [6.07, 6.45) is 4.02. The third-order valence-electron chi connectivity index (χ3n) is 4.88. The summed E-state index contributed by atoms with van der Waals surface area (Å²) in [7, 11) is -1.13. The van der Waals surface area contributed by atoms with Crippen LogP contribution in [-0.4, -0.2) is 8.96 Å². The molecule has 0 saturated heterocycles. The molecule has 1 N–H and O–H groups in total. The molecule has 0 amide bonds. The molecule has 0 radical (unpaired) electrons. The van der Waals surface area contributed by atoms with E-state index in [9.17, 15) is 4.21 Å². The lowest BCUT2D eigenvalue weighted by Crippen LogP contribution is -2.51. The van der Waals surface area contributed by atoms with Crippen molar-refractivity contribution in [1.29, 1.82) is 0 Å². The molecule has 0 aliphatic heterocycles. The Morgan fingerprint density at radius 1 is 1.12 bits per heavy atom. The van der Waals surface area contributed by atoms with E-state index in [2.05, 4.69) is 63.1 Å². The van der Waals surface area contributed by atoms with Crippen molar-refractivity contribution in [3.05, 3.63) is 69.7 Å². The van der Waals surface area contributed by atoms with Gasteiger partial charge in [0.05, 0.1) is 21.3 Å². The molecule has 0 aromatic heterocycles. The van der Waals surface area contributed by atoms with Crippen LogP contribution in [-0.2, 0) is 29.4 Å². The van der Waals surface area contributed by atoms with Gasteiger partial charge in [-0.2, -0.15) is 0 Å². The molecule has 0 heterocycles. The normalized spacial score (nSPS) is 21.6. The van der Waals surface area contributed by atoms with Gasteiger partial charge in [0.2, 0.25) is 0 Å². The summed E-state index contributed by atoms with van der Waals surface area (Å²) in [5.41, 5.74) is 3.63. The Morgan fingerprint density at radius 2 is 1.80 bits per heavy atom. The molecule has 25 heavy (non-hydrogen) atoms. The molecule has 0 fully saturated rings. The quantitative estimate of drug-likeness (QED) is 0.717. The standard InChI is InChI=1S/C21H26BrNOS/c1-20(2,3)25(24)23-21(15-17-10-5-7-13-19(17)22)14-8-11-16-9-4-6-12-18(16)21/h4-7,9-10,12-13,23H,8,11,14-15H2,1-3H3/t21-,25-/m1/s1. The highest BCUT2D eigenvalue weighted by Gasteiger charge is 2.40. The summed E-state index contributed by atoms with van der Waals surface area (Å²) in [5, 5.41) is 0. The summed E-state index contributed by atoms with van der Waals surface area (Å²) in [6, 6.07) is 17.0. The van der Waals surface area contributed by atoms with E-state index >= 15 is 0 Å². The van der Waals surface area contributed by atoms with Gasteiger partial charge in [0.15, 0.2) is 0 Å². The van der Waals surface area contributed by atoms with E-state index in [1.54, 1.807) is 0 Å². The largest absolute Gasteiger partial charge is 0.242 e. The van der Waals surface area contributed by atoms with Gasteiger partial charge in [-0.3, -0.25) is 0 Å². The molecule has 3 rings (SSSR count). The minimum atomic E-state index is -1.13. The van der Waals surface area contributed by atoms with Crippen molar-refractivity contribution < 1.29 is 4.21 Å². The zero-order valence-corrected chi connectivity index (χ0v) is 17.5. The summed E-state index contributed by atoms with van der Waals surface area (Å²) in [4.78, 5) is 0. The first-order chi connectivity index (χ1) is 11.8. The zero-order chi connectivity index (χ0) is 18.1. The molecule has 2 aromatic carbocycles. The van der Waals surface area contributed by atoms with Crippen LogP contribution in [0.1, 0.15) is 50.3 Å². The summed E-state index contributed by atoms with van der Waals surface area (Å²) in [6.45, 7) is 6.07. The number of benzene rings is 2. The van der Waals surface area contributed by atoms with Gasteiger partial charge in [0, 0.05) is 4.47 Å². The third kappa shape index (κ3) is 4.07. The predicted octanol–water partition coefficient (Wildman–Crippen LogP) is 5.28. The van der Waals surface area contributed by atoms with Gasteiger partial charge in [-0.05, 0) is 69.2 Å². The summed E-state index contributed by atoms with van der Waals surface area (Å²) in [5.74, 6) is 0. The minimum Gasteiger partial charge on any atom is -0.242 e. The maximum Gasteiger partial charge on any atom is 0.0978 e. The van der Waals surface area contributed by atoms with Crippen molar-refractivity contribution in [3.8, 4) is 0 Å². The van der Waals surface area contributed by atoms with E-state index in [1.165, 1.54) is 16.7 Å². The van der Waals surface area contributed by atoms with E-state index < -0.39 is 11.0 Å². The van der Waals surface area contributed by atoms with Crippen molar-refractivity contribution in [3.63, 3.8) is 0 Å². The number of fused-ring (bicyclic) bond motifs is 1. The monoisotopic (exact) mass is 419 g/mol. The molecule has 4 heteroatoms. The SMILES string of the molecule is CC(C)(C)[S@@](=O)N[C@@]1(Cc2ccccc2Br)CCCc2ccccc21. The van der Waals surface area contributed by atoms with E-state index in [4.69, 9.17) is 0 Å². The van der Waals surface area contributed by atoms with Crippen LogP contribution in [0.2, 0.25) is 0 Å². The molecule has 134 valence electrons. The molecule has 0 bridgehead atoms. The Bertz CT molecular complexity index is 783. The lowest BCUT2D eigenvalue weighted by molar-refractivity contribution is 0.334. The molecular weight excluding hydrogens is 394 g/mol. The summed E-state index contributed by atoms with van der Waals surface area (Å²) >= 11 is 3.69. The predicted molar refractivity (Wildman–Crippen MR) is 110 cm³/mol. The van der Waals surface area contributed by atoms with Crippen molar-refractivity contribution in [2.24, 2.45) is 0 Å². The Kier molecular flexibility index (Phi) is 5.52. The van der Waals surface area contributed by atoms with Crippen molar-refractivity contribution in [1.82, 2.24) is 4.72 Å². The van der Waals surface area contributed by atoms with Crippen LogP contribution < -0.4 is 4.72 Å². The molecule has 0 unspecified atom stereocenters. The molecule has 0 spiro atoms. The maximum absolute atomic E-state index is 13.0. The van der Waals surface area contributed by atoms with Gasteiger partial charge in [0.1, 0.15) is 0 Å². The number of nitrogens with one attached hydrogen (secondary N) is 1. The first kappa shape index (κ1) is 18.8. The molecule has 2 atom stereocenters. The Labute approximate surface area is 162 Å². The van der Waals surface area contributed by atoms with Crippen LogP contribution in [0.4, 0.5) is 0 Å². The van der Waals surface area contributed by atoms with Gasteiger partial charge in [0.25, 0.3) is 0 Å². The number of hydrogen-bond acceptors (Lipinski definition) is 1. The fraction of sp³-hybridized carbons (Fsp3) is 0.429. The fourth-order valence-corrected chi connectivity index (χ4v) is 4.91. The van der Waals surface area contributed by atoms with Crippen LogP contribution >= 0.6 is 15.9 Å². The first-order valence-corrected chi connectivity index (χ1v) is 10.8. The Morgan fingerprint density at radius 3 is 2.52 bits per heavy atom. The van der Waals surface area contributed by atoms with Crippen molar-refractivity contribution >= 4 is 26.9 Å². The van der Waals surface area contributed by atoms with E-state index in [0.717, 1.165) is 30.2 Å². The third-order valence-corrected chi connectivity index (χ3v) is 7.34. The van der Waals surface area contributed by atoms with Crippen LogP contribution in [0.15, 0.2) is 53.0 Å². The Hall–Kier alpha value is -0.970. The highest BCUT2D eigenvalue weighted by atomic mass is 79.9. The van der Waals surface area contributed by atoms with Crippen LogP contribution in [0.5, 0.6) is 0 Å². The molecule has 0 saturated carbocycles. The second-order valence-corrected chi connectivity index (χ2v) is 10.7. The van der Waals surface area contributed by atoms with Gasteiger partial charge in [-0.1, -0.05) is 58.4 Å². The fourth-order valence-electron chi connectivity index (χ4n) is 3.54. The van der Waals surface area contributed by atoms with Gasteiger partial charge >= 0.3 is 0 Å². The van der Waals surface area contributed by atoms with Crippen molar-refractivity contribution in [2.45, 2.75) is 56.7 Å². The maximum atomic E-state index is 13.0. The highest BCUT2D eigenvalue weighted by molar-refractivity contribution is 9.10. The number of hydrogen-bond donors (Lipinski definition) is 1. The molecule has 1 aliphatic carbocycles. The molecule has 1 aliphatic rings. The van der Waals surface area contributed by atoms with Gasteiger partial charge in [-0.15, -0.1) is 0 Å². The topological polar surface area (TPSA) is 29.1 Å². The highest BCUT2D eigenvalue weighted by Crippen LogP contribution is 2.40. The number of aryl methyl sites for hydroxylation is 1. The van der Waals surface area contributed by atoms with Crippen LogP contribution in [0.25, 0.3) is 0 Å². The average molecular weight is 420 g/mol. The average Bonchev–Trinajstić information content (AvgIpc) is 2.57. The lowest BCUT2D eigenvalue weighted by atomic mass is 9.74. The lowest BCUT2D eigenvalue weighted by Gasteiger charge is -2.41. The Balaban J connectivity index is 2.07. The van der Waals surface area contributed by atoms with Crippen LogP contribution in [0, 0.1) is 0 Å². The number of rotatable bonds is 4. The minimum absolute atomic E-state index is 0.295. The van der Waals surface area contributed by atoms with Gasteiger partial charge in [-0.25, -0.2) is 8.93 Å². The first-order valence-electron chi connectivity index (χ1n) is 8.83. The number of halogens is 1. The van der Waals surface area contributed by atoms with Crippen molar-refractivity contribution in [2.75, 3.05) is 0 Å². The van der Waals surface area contributed by atoms with E-state index in [-0.39, 0.29) is 10.3 Å². The van der Waals surface area contributed by atoms with Gasteiger partial charge < -0.3 is 0 Å².